The van der Waals surface area contributed by atoms with Crippen LogP contribution in [0.25, 0.3) is 0 Å². The van der Waals surface area contributed by atoms with Gasteiger partial charge in [0.25, 0.3) is 10.2 Å². The van der Waals surface area contributed by atoms with Gasteiger partial charge in [-0.1, -0.05) is 26.8 Å². The number of carbonyl (C=O) groups excluding carboxylic acids is 6. The van der Waals surface area contributed by atoms with E-state index < -0.39 is 117 Å². The lowest BCUT2D eigenvalue weighted by atomic mass is 9.79. The third kappa shape index (κ3) is 17.1. The summed E-state index contributed by atoms with van der Waals surface area (Å²) >= 11 is 5.50. The Labute approximate surface area is 634 Å². The standard InChI is InChI=1S/C22H26N4O7S.C18H26N2O5S.C16H25N3O6S2.C12H17N3O4S/c1-9-15-14(10(2)27)19(29)26(15)16(21(32)33)17(9)34-22(23)7-13(24-8-22)18(28)25-12-5-3-4-11(6-12)20(30)31;1-8-13-12(9(2)21)17(23)20(13)14(18(24)25)15(8)26-11-6-5-10(7-11)16(22)19(3)4;1-7-12-11(8(2)20)15(21)19(12)13(16(22)23)14(7)26-10-4-3-9(5-10)6-18-27(17,24)25;1-6(16)9-7-4-8(20-3-2-14-5-13)10(12(18)19)15(7)11(9)17/h3-6,9-10,13-15,24,27H,7-8,23H2,1-2H3,(H,25,28)(H,30,31)(H,32,33);8-13,21H,5-7H2,1-4H3,(H,24,25);7-12,18,20H,3-6H2,1-2H3,(H,22,23)(H2,17,24,25);5-7,9,16H,2-4H2,1H3,(H2,13,14)(H,18,19)/t9-,10?,13?,14-,15-,22?;8-,9-,10+,11?,12-,13-;7-,8-,9+,10-,11-,12-;6-,7-,9-/m1111/s1. The number of benzene rings is 1. The molecule has 2 aliphatic carbocycles. The zero-order chi connectivity index (χ0) is 79.2. The van der Waals surface area contributed by atoms with Crippen LogP contribution in [0.3, 0.4) is 0 Å². The first kappa shape index (κ1) is 83.9. The molecule has 107 heavy (non-hydrogen) atoms. The number of rotatable bonds is 25. The van der Waals surface area contributed by atoms with Crippen LogP contribution in [0.15, 0.2) is 71.7 Å². The zero-order valence-corrected chi connectivity index (χ0v) is 64.3. The highest BCUT2D eigenvalue weighted by molar-refractivity contribution is 8.04. The van der Waals surface area contributed by atoms with Gasteiger partial charge >= 0.3 is 29.8 Å². The second-order valence-corrected chi connectivity index (χ2v) is 35.7. The van der Waals surface area contributed by atoms with E-state index >= 15 is 0 Å². The molecular weight excluding hydrogens is 1500 g/mol. The van der Waals surface area contributed by atoms with E-state index in [0.717, 1.165) is 50.3 Å². The average Bonchev–Trinajstić information content (AvgIpc) is 1.57. The molecule has 1 aromatic carbocycles. The zero-order valence-electron chi connectivity index (χ0n) is 60.2. The molecule has 18 N–H and O–H groups in total. The van der Waals surface area contributed by atoms with E-state index in [1.165, 1.54) is 86.3 Å². The number of carbonyl (C=O) groups is 11. The van der Waals surface area contributed by atoms with Gasteiger partial charge in [0.1, 0.15) is 22.8 Å². The van der Waals surface area contributed by atoms with Crippen LogP contribution in [0.5, 0.6) is 0 Å². The minimum absolute atomic E-state index is 0.0167. The fourth-order valence-electron chi connectivity index (χ4n) is 16.4. The highest BCUT2D eigenvalue weighted by Gasteiger charge is 2.64. The highest BCUT2D eigenvalue weighted by Crippen LogP contribution is 2.57. The Morgan fingerprint density at radius 3 is 1.60 bits per heavy atom. The number of fused-ring (bicyclic) bond motifs is 4. The number of nitrogens with one attached hydrogen (secondary N) is 3. The first-order valence-electron chi connectivity index (χ1n) is 35.0. The Hall–Kier alpha value is -7.15. The second-order valence-electron chi connectivity index (χ2n) is 29.0. The summed E-state index contributed by atoms with van der Waals surface area (Å²) in [4.78, 5) is 144. The van der Waals surface area contributed by atoms with Crippen molar-refractivity contribution in [2.75, 3.05) is 44.8 Å². The molecule has 9 aliphatic heterocycles. The summed E-state index contributed by atoms with van der Waals surface area (Å²) in [6.45, 7) is 12.8. The molecule has 34 nitrogen and oxygen atoms in total. The molecule has 0 bridgehead atoms. The molecule has 1 aromatic rings. The third-order valence-corrected chi connectivity index (χ3v) is 27.8. The number of aliphatic carboxylic acids is 4. The smallest absolute Gasteiger partial charge is 0.353 e. The van der Waals surface area contributed by atoms with Gasteiger partial charge in [0.15, 0.2) is 0 Å². The Kier molecular flexibility index (Phi) is 26.3. The van der Waals surface area contributed by atoms with Gasteiger partial charge < -0.3 is 92.6 Å². The minimum atomic E-state index is -3.72. The Morgan fingerprint density at radius 2 is 1.14 bits per heavy atom. The number of aliphatic imine (C=N–C) groups is 1. The van der Waals surface area contributed by atoms with Crippen LogP contribution in [-0.2, 0) is 58.2 Å². The number of hydrogen-bond acceptors (Lipinski definition) is 24. The van der Waals surface area contributed by atoms with Gasteiger partial charge in [-0.3, -0.25) is 33.8 Å². The number of aliphatic hydroxyl groups is 4. The van der Waals surface area contributed by atoms with Gasteiger partial charge in [0.2, 0.25) is 35.4 Å². The lowest BCUT2D eigenvalue weighted by Gasteiger charge is -2.46. The van der Waals surface area contributed by atoms with Crippen molar-refractivity contribution in [2.45, 2.75) is 170 Å². The van der Waals surface area contributed by atoms with Crippen molar-refractivity contribution in [3.8, 4) is 0 Å². The molecule has 9 heterocycles. The fraction of sp³-hybridized carbons (Fsp3) is 0.618. The van der Waals surface area contributed by atoms with E-state index in [-0.39, 0.29) is 130 Å². The fourth-order valence-corrected chi connectivity index (χ4v) is 22.6. The predicted octanol–water partition coefficient (Wildman–Crippen LogP) is 0.807. The lowest BCUT2D eigenvalue weighted by molar-refractivity contribution is -0.163. The van der Waals surface area contributed by atoms with E-state index in [1.54, 1.807) is 45.8 Å². The monoisotopic (exact) mass is 1590 g/mol. The third-order valence-electron chi connectivity index (χ3n) is 21.5. The van der Waals surface area contributed by atoms with Crippen LogP contribution in [-0.4, -0.2) is 260 Å². The van der Waals surface area contributed by atoms with Crippen molar-refractivity contribution >= 4 is 135 Å². The molecule has 2 saturated carbocycles. The molecule has 4 unspecified atom stereocenters. The molecule has 0 spiro atoms. The van der Waals surface area contributed by atoms with Crippen LogP contribution >= 0.6 is 47.0 Å². The molecule has 12 rings (SSSR count). The number of nitrogens with two attached hydrogens (primary N) is 3. The molecule has 588 valence electrons. The van der Waals surface area contributed by atoms with Gasteiger partial charge in [0.05, 0.1) is 102 Å². The first-order valence-corrected chi connectivity index (χ1v) is 40.1. The Morgan fingerprint density at radius 1 is 0.673 bits per heavy atom. The molecule has 21 atom stereocenters. The van der Waals surface area contributed by atoms with Crippen LogP contribution in [0.4, 0.5) is 5.69 Å². The maximum atomic E-state index is 12.8. The molecule has 0 radical (unpaired) electrons. The summed E-state index contributed by atoms with van der Waals surface area (Å²) in [5.74, 6) is -9.46. The molecule has 5 saturated heterocycles. The van der Waals surface area contributed by atoms with Crippen LogP contribution in [0.1, 0.15) is 110 Å². The van der Waals surface area contributed by atoms with Crippen LogP contribution in [0.2, 0.25) is 0 Å². The van der Waals surface area contributed by atoms with Crippen molar-refractivity contribution < 1.29 is 107 Å². The molecule has 0 aromatic heterocycles. The van der Waals surface area contributed by atoms with Crippen LogP contribution in [0, 0.1) is 53.3 Å². The van der Waals surface area contributed by atoms with E-state index in [1.807, 2.05) is 20.8 Å². The lowest BCUT2D eigenvalue weighted by Crippen LogP contribution is -2.63. The average molecular weight is 1590 g/mol. The number of carboxylic acid groups (broad SMARTS) is 5. The normalized spacial score (nSPS) is 32.1. The van der Waals surface area contributed by atoms with Crippen molar-refractivity contribution in [3.05, 3.63) is 72.2 Å². The van der Waals surface area contributed by atoms with Gasteiger partial charge in [-0.25, -0.2) is 33.8 Å². The topological polar surface area (TPSA) is 547 Å². The van der Waals surface area contributed by atoms with Crippen LogP contribution < -0.4 is 32.0 Å². The van der Waals surface area contributed by atoms with E-state index in [0.29, 0.717) is 44.0 Å². The number of hydrogen-bond donors (Lipinski definition) is 15. The number of anilines is 1. The number of carboxylic acids is 5. The maximum absolute atomic E-state index is 12.8. The molecular formula is C68H94N12O22S5. The van der Waals surface area contributed by atoms with Gasteiger partial charge in [-0.2, -0.15) is 8.42 Å². The summed E-state index contributed by atoms with van der Waals surface area (Å²) < 4.78 is 24.4. The van der Waals surface area contributed by atoms with Crippen molar-refractivity contribution in [1.82, 2.24) is 34.5 Å². The SMILES string of the molecule is CC(O)[C@H]1C(=O)N2C(C(=O)O)=C(SC3(N)CNC(C(=O)Nc4cccc(C(=O)O)c4)C3)[C@H](C)[C@H]12.C[C@@H](O)[C@H]1C(=O)N2C(C(=O)O)=C(SC3CC[C@H](C(=O)N(C)C)C3)[C@H](C)[C@H]12.C[C@@H](O)[C@H]1C(=O)N2C(C(=O)O)=C(SCCN=CN)C[C@H]12.C[C@@H](O)[C@H]1C(=O)N2C(C(=O)O)=C(S[C@@H]3CC[C@H](CNS(N)(=O)=O)C3)[C@H](C)[C@H]12. The van der Waals surface area contributed by atoms with Crippen molar-refractivity contribution in [2.24, 2.45) is 74.9 Å². The quantitative estimate of drug-likeness (QED) is 0.0212. The van der Waals surface area contributed by atoms with Crippen molar-refractivity contribution in [1.29, 1.82) is 0 Å². The molecule has 39 heteroatoms. The maximum Gasteiger partial charge on any atom is 0.353 e. The van der Waals surface area contributed by atoms with Gasteiger partial charge in [0, 0.05) is 105 Å². The van der Waals surface area contributed by atoms with E-state index in [9.17, 15) is 102 Å². The number of nitrogens with zero attached hydrogens (tertiary/aromatic N) is 6. The molecule has 7 fully saturated rings. The minimum Gasteiger partial charge on any atom is -0.478 e. The number of amides is 6. The highest BCUT2D eigenvalue weighted by atomic mass is 32.2. The number of aliphatic hydroxyl groups excluding tert-OH is 4. The number of aromatic carboxylic acids is 1. The first-order chi connectivity index (χ1) is 50.1. The summed E-state index contributed by atoms with van der Waals surface area (Å²) in [5, 5.41) is 97.9. The Bertz CT molecular complexity index is 4040. The Balaban J connectivity index is 0.000000167. The number of β-lactam (4-membered cyclic amide) rings is 4. The van der Waals surface area contributed by atoms with Gasteiger partial charge in [-0.15, -0.1) is 47.0 Å². The predicted molar refractivity (Wildman–Crippen MR) is 394 cm³/mol. The summed E-state index contributed by atoms with van der Waals surface area (Å²) in [6.07, 6.45) is 3.41. The molecule has 6 amide bonds. The van der Waals surface area contributed by atoms with Gasteiger partial charge in [-0.05, 0) is 90.3 Å². The largest absolute Gasteiger partial charge is 0.478 e. The number of thioether (sulfide) groups is 4. The molecule has 11 aliphatic rings. The van der Waals surface area contributed by atoms with Crippen molar-refractivity contribution in [3.63, 3.8) is 0 Å². The summed E-state index contributed by atoms with van der Waals surface area (Å²) in [7, 11) is -0.219. The van der Waals surface area contributed by atoms with E-state index in [4.69, 9.17) is 21.7 Å². The summed E-state index contributed by atoms with van der Waals surface area (Å²) in [5.41, 5.74) is 12.1. The van der Waals surface area contributed by atoms with E-state index in [2.05, 4.69) is 20.3 Å². The second kappa shape index (κ2) is 33.6. The summed E-state index contributed by atoms with van der Waals surface area (Å²) in [6, 6.07) is 3.92.